The fourth-order valence-corrected chi connectivity index (χ4v) is 1.90. The molecule has 0 bridgehead atoms. The molecule has 18 heavy (non-hydrogen) atoms. The van der Waals surface area contributed by atoms with E-state index >= 15 is 0 Å². The fourth-order valence-electron chi connectivity index (χ4n) is 1.90. The Morgan fingerprint density at radius 1 is 1.22 bits per heavy atom. The van der Waals surface area contributed by atoms with Crippen LogP contribution in [0.3, 0.4) is 0 Å². The van der Waals surface area contributed by atoms with Crippen LogP contribution in [0.5, 0.6) is 0 Å². The molecule has 0 spiro atoms. The van der Waals surface area contributed by atoms with Gasteiger partial charge in [0.2, 0.25) is 0 Å². The van der Waals surface area contributed by atoms with Crippen molar-refractivity contribution in [3.8, 4) is 0 Å². The van der Waals surface area contributed by atoms with Crippen molar-refractivity contribution in [1.82, 2.24) is 15.1 Å². The number of nitrogens with zero attached hydrogens (tertiary/aromatic N) is 2. The predicted molar refractivity (Wildman–Crippen MR) is 74.5 cm³/mol. The average Bonchev–Trinajstić information content (AvgIpc) is 2.73. The van der Waals surface area contributed by atoms with E-state index in [1.165, 1.54) is 11.1 Å². The molecule has 0 radical (unpaired) electrons. The van der Waals surface area contributed by atoms with Crippen LogP contribution in [0, 0.1) is 6.92 Å². The number of hydrogen-bond acceptors (Lipinski definition) is 2. The lowest BCUT2D eigenvalue weighted by Gasteiger charge is -2.09. The van der Waals surface area contributed by atoms with E-state index in [1.807, 2.05) is 23.9 Å². The molecule has 1 aromatic carbocycles. The number of benzene rings is 1. The molecule has 0 saturated heterocycles. The summed E-state index contributed by atoms with van der Waals surface area (Å²) in [5.41, 5.74) is 3.68. The van der Waals surface area contributed by atoms with Crippen molar-refractivity contribution in [3.63, 3.8) is 0 Å². The normalized spacial score (nSPS) is 11.1. The second kappa shape index (κ2) is 5.83. The SMILES string of the molecule is Cc1ccn(Cc2cccc(CNC(C)C)c2)n1. The topological polar surface area (TPSA) is 29.9 Å². The van der Waals surface area contributed by atoms with E-state index in [0.717, 1.165) is 18.8 Å². The van der Waals surface area contributed by atoms with E-state index in [2.05, 4.69) is 48.5 Å². The van der Waals surface area contributed by atoms with Crippen LogP contribution < -0.4 is 5.32 Å². The number of nitrogens with one attached hydrogen (secondary N) is 1. The quantitative estimate of drug-likeness (QED) is 0.875. The second-order valence-electron chi connectivity index (χ2n) is 5.01. The van der Waals surface area contributed by atoms with Gasteiger partial charge in [0, 0.05) is 18.8 Å². The van der Waals surface area contributed by atoms with E-state index in [4.69, 9.17) is 0 Å². The Bertz CT molecular complexity index is 500. The molecule has 1 aromatic heterocycles. The van der Waals surface area contributed by atoms with Crippen molar-refractivity contribution >= 4 is 0 Å². The first-order valence-corrected chi connectivity index (χ1v) is 6.45. The maximum Gasteiger partial charge on any atom is 0.0659 e. The molecule has 0 unspecified atom stereocenters. The molecule has 0 amide bonds. The molecular formula is C15H21N3. The van der Waals surface area contributed by atoms with Crippen LogP contribution >= 0.6 is 0 Å². The molecule has 0 aliphatic rings. The molecular weight excluding hydrogens is 222 g/mol. The molecule has 0 atom stereocenters. The highest BCUT2D eigenvalue weighted by molar-refractivity contribution is 5.23. The van der Waals surface area contributed by atoms with E-state index in [-0.39, 0.29) is 0 Å². The summed E-state index contributed by atoms with van der Waals surface area (Å²) in [6.45, 7) is 8.10. The Balaban J connectivity index is 2.02. The van der Waals surface area contributed by atoms with Crippen LogP contribution in [0.4, 0.5) is 0 Å². The second-order valence-corrected chi connectivity index (χ2v) is 5.01. The zero-order chi connectivity index (χ0) is 13.0. The van der Waals surface area contributed by atoms with E-state index in [0.29, 0.717) is 6.04 Å². The molecule has 0 fully saturated rings. The molecule has 0 saturated carbocycles. The van der Waals surface area contributed by atoms with Gasteiger partial charge in [0.25, 0.3) is 0 Å². The summed E-state index contributed by atoms with van der Waals surface area (Å²) in [5, 5.41) is 7.85. The maximum atomic E-state index is 4.41. The van der Waals surface area contributed by atoms with Crippen LogP contribution in [0.25, 0.3) is 0 Å². The first-order valence-electron chi connectivity index (χ1n) is 6.45. The highest BCUT2D eigenvalue weighted by Gasteiger charge is 2.00. The number of aromatic nitrogens is 2. The van der Waals surface area contributed by atoms with Crippen molar-refractivity contribution in [2.45, 2.75) is 39.9 Å². The van der Waals surface area contributed by atoms with Gasteiger partial charge in [-0.25, -0.2) is 0 Å². The molecule has 0 aliphatic heterocycles. The van der Waals surface area contributed by atoms with Crippen molar-refractivity contribution in [2.75, 3.05) is 0 Å². The molecule has 0 aliphatic carbocycles. The Kier molecular flexibility index (Phi) is 4.15. The minimum absolute atomic E-state index is 0.516. The lowest BCUT2D eigenvalue weighted by molar-refractivity contribution is 0.588. The fraction of sp³-hybridized carbons (Fsp3) is 0.400. The summed E-state index contributed by atoms with van der Waals surface area (Å²) in [7, 11) is 0. The third kappa shape index (κ3) is 3.70. The standard InChI is InChI=1S/C15H21N3/c1-12(2)16-10-14-5-4-6-15(9-14)11-18-8-7-13(3)17-18/h4-9,12,16H,10-11H2,1-3H3. The average molecular weight is 243 g/mol. The van der Waals surface area contributed by atoms with Gasteiger partial charge in [-0.15, -0.1) is 0 Å². The van der Waals surface area contributed by atoms with E-state index < -0.39 is 0 Å². The van der Waals surface area contributed by atoms with E-state index in [9.17, 15) is 0 Å². The van der Waals surface area contributed by atoms with Crippen LogP contribution in [0.15, 0.2) is 36.5 Å². The Morgan fingerprint density at radius 3 is 2.67 bits per heavy atom. The van der Waals surface area contributed by atoms with Gasteiger partial charge in [-0.1, -0.05) is 38.1 Å². The monoisotopic (exact) mass is 243 g/mol. The van der Waals surface area contributed by atoms with Crippen molar-refractivity contribution in [2.24, 2.45) is 0 Å². The van der Waals surface area contributed by atoms with Gasteiger partial charge in [0.1, 0.15) is 0 Å². The number of hydrogen-bond donors (Lipinski definition) is 1. The van der Waals surface area contributed by atoms with Gasteiger partial charge >= 0.3 is 0 Å². The van der Waals surface area contributed by atoms with Crippen LogP contribution in [0.2, 0.25) is 0 Å². The first kappa shape index (κ1) is 12.8. The molecule has 2 aromatic rings. The predicted octanol–water partition coefficient (Wildman–Crippen LogP) is 2.74. The summed E-state index contributed by atoms with van der Waals surface area (Å²) >= 11 is 0. The number of rotatable bonds is 5. The largest absolute Gasteiger partial charge is 0.310 e. The molecule has 96 valence electrons. The Hall–Kier alpha value is -1.61. The summed E-state index contributed by atoms with van der Waals surface area (Å²) in [5.74, 6) is 0. The van der Waals surface area contributed by atoms with Gasteiger partial charge in [-0.3, -0.25) is 4.68 Å². The lowest BCUT2D eigenvalue weighted by atomic mass is 10.1. The number of aryl methyl sites for hydroxylation is 1. The lowest BCUT2D eigenvalue weighted by Crippen LogP contribution is -2.21. The summed E-state index contributed by atoms with van der Waals surface area (Å²) < 4.78 is 1.98. The van der Waals surface area contributed by atoms with Gasteiger partial charge in [-0.05, 0) is 24.1 Å². The van der Waals surface area contributed by atoms with Gasteiger partial charge in [0.05, 0.1) is 12.2 Å². The molecule has 1 heterocycles. The molecule has 2 rings (SSSR count). The Morgan fingerprint density at radius 2 is 2.00 bits per heavy atom. The Labute approximate surface area is 109 Å². The summed E-state index contributed by atoms with van der Waals surface area (Å²) in [6, 6.07) is 11.2. The van der Waals surface area contributed by atoms with Crippen LogP contribution in [-0.2, 0) is 13.1 Å². The highest BCUT2D eigenvalue weighted by atomic mass is 15.3. The third-order valence-corrected chi connectivity index (χ3v) is 2.82. The molecule has 3 heteroatoms. The van der Waals surface area contributed by atoms with Gasteiger partial charge in [0.15, 0.2) is 0 Å². The van der Waals surface area contributed by atoms with Crippen LogP contribution in [0.1, 0.15) is 30.7 Å². The zero-order valence-electron chi connectivity index (χ0n) is 11.4. The molecule has 1 N–H and O–H groups in total. The molecule has 3 nitrogen and oxygen atoms in total. The van der Waals surface area contributed by atoms with E-state index in [1.54, 1.807) is 0 Å². The summed E-state index contributed by atoms with van der Waals surface area (Å²) in [6.07, 6.45) is 2.02. The highest BCUT2D eigenvalue weighted by Crippen LogP contribution is 2.07. The van der Waals surface area contributed by atoms with Crippen molar-refractivity contribution in [1.29, 1.82) is 0 Å². The van der Waals surface area contributed by atoms with Crippen molar-refractivity contribution in [3.05, 3.63) is 53.3 Å². The van der Waals surface area contributed by atoms with Crippen LogP contribution in [-0.4, -0.2) is 15.8 Å². The minimum atomic E-state index is 0.516. The van der Waals surface area contributed by atoms with Gasteiger partial charge < -0.3 is 5.32 Å². The third-order valence-electron chi connectivity index (χ3n) is 2.82. The zero-order valence-corrected chi connectivity index (χ0v) is 11.4. The van der Waals surface area contributed by atoms with Gasteiger partial charge in [-0.2, -0.15) is 5.10 Å². The van der Waals surface area contributed by atoms with Crippen molar-refractivity contribution < 1.29 is 0 Å². The summed E-state index contributed by atoms with van der Waals surface area (Å²) in [4.78, 5) is 0. The first-order chi connectivity index (χ1) is 8.63. The smallest absolute Gasteiger partial charge is 0.0659 e. The minimum Gasteiger partial charge on any atom is -0.310 e. The maximum absolute atomic E-state index is 4.41.